The van der Waals surface area contributed by atoms with E-state index in [1.165, 1.54) is 24.0 Å². The molecule has 82 valence electrons. The van der Waals surface area contributed by atoms with Crippen LogP contribution in [0.3, 0.4) is 0 Å². The second-order valence-corrected chi connectivity index (χ2v) is 4.16. The highest BCUT2D eigenvalue weighted by atomic mass is 32.2. The van der Waals surface area contributed by atoms with E-state index < -0.39 is 5.97 Å². The third-order valence-electron chi connectivity index (χ3n) is 1.73. The average Bonchev–Trinajstić information content (AvgIpc) is 2.26. The molecule has 1 heterocycles. The molecule has 0 fully saturated rings. The van der Waals surface area contributed by atoms with Gasteiger partial charge in [-0.1, -0.05) is 6.92 Å². The predicted octanol–water partition coefficient (Wildman–Crippen LogP) is 0.895. The average molecular weight is 228 g/mol. The molecule has 6 heteroatoms. The Morgan fingerprint density at radius 1 is 1.67 bits per heavy atom. The van der Waals surface area contributed by atoms with Crippen LogP contribution in [-0.2, 0) is 0 Å². The van der Waals surface area contributed by atoms with Crippen molar-refractivity contribution >= 4 is 17.7 Å². The molecule has 0 aliphatic rings. The zero-order chi connectivity index (χ0) is 11.3. The summed E-state index contributed by atoms with van der Waals surface area (Å²) in [4.78, 5) is 10.8. The number of carboxylic acids is 1. The third kappa shape index (κ3) is 3.49. The Balaban J connectivity index is 2.72. The molecule has 0 aliphatic heterocycles. The quantitative estimate of drug-likeness (QED) is 0.728. The van der Waals surface area contributed by atoms with Crippen LogP contribution in [0.25, 0.3) is 0 Å². The molecule has 15 heavy (non-hydrogen) atoms. The summed E-state index contributed by atoms with van der Waals surface area (Å²) in [7, 11) is 0. The highest BCUT2D eigenvalue weighted by Gasteiger charge is 2.12. The van der Waals surface area contributed by atoms with E-state index in [1.807, 2.05) is 6.92 Å². The molecule has 5 nitrogen and oxygen atoms in total. The molecule has 0 saturated heterocycles. The van der Waals surface area contributed by atoms with Crippen molar-refractivity contribution < 1.29 is 15.0 Å². The normalized spacial score (nSPS) is 12.4. The monoisotopic (exact) mass is 228 g/mol. The summed E-state index contributed by atoms with van der Waals surface area (Å²) in [6, 6.07) is 1.42. The van der Waals surface area contributed by atoms with Crippen LogP contribution in [0.1, 0.15) is 17.3 Å². The molecule has 0 radical (unpaired) electrons. The smallest absolute Gasteiger partial charge is 0.338 e. The molecule has 0 amide bonds. The first-order chi connectivity index (χ1) is 7.15. The number of aromatic carboxylic acids is 1. The van der Waals surface area contributed by atoms with E-state index in [1.54, 1.807) is 0 Å². The van der Waals surface area contributed by atoms with Gasteiger partial charge in [0.1, 0.15) is 5.03 Å². The van der Waals surface area contributed by atoms with Crippen molar-refractivity contribution in [3.63, 3.8) is 0 Å². The van der Waals surface area contributed by atoms with Crippen LogP contribution in [-0.4, -0.2) is 38.7 Å². The Morgan fingerprint density at radius 3 is 3.00 bits per heavy atom. The summed E-state index contributed by atoms with van der Waals surface area (Å²) < 4.78 is 0. The number of thioether (sulfide) groups is 1. The van der Waals surface area contributed by atoms with Gasteiger partial charge in [0.15, 0.2) is 0 Å². The number of carbonyl (C=O) groups is 1. The molecule has 1 unspecified atom stereocenters. The summed E-state index contributed by atoms with van der Waals surface area (Å²) in [5.41, 5.74) is 0.153. The van der Waals surface area contributed by atoms with E-state index in [9.17, 15) is 4.79 Å². The van der Waals surface area contributed by atoms with E-state index in [-0.39, 0.29) is 18.1 Å². The number of rotatable bonds is 5. The van der Waals surface area contributed by atoms with Crippen molar-refractivity contribution in [3.05, 3.63) is 17.8 Å². The molecule has 1 atom stereocenters. The van der Waals surface area contributed by atoms with Crippen LogP contribution >= 0.6 is 11.8 Å². The fourth-order valence-electron chi connectivity index (χ4n) is 0.862. The van der Waals surface area contributed by atoms with Crippen molar-refractivity contribution in [1.82, 2.24) is 10.2 Å². The van der Waals surface area contributed by atoms with Crippen LogP contribution in [0.5, 0.6) is 0 Å². The molecular formula is C9H12N2O3S. The minimum atomic E-state index is -1.01. The lowest BCUT2D eigenvalue weighted by Crippen LogP contribution is -2.06. The molecule has 0 bridgehead atoms. The number of carboxylic acid groups (broad SMARTS) is 1. The molecule has 2 N–H and O–H groups in total. The zero-order valence-electron chi connectivity index (χ0n) is 8.25. The van der Waals surface area contributed by atoms with Gasteiger partial charge in [0, 0.05) is 12.4 Å². The van der Waals surface area contributed by atoms with Gasteiger partial charge >= 0.3 is 5.97 Å². The predicted molar refractivity (Wildman–Crippen MR) is 56.0 cm³/mol. The Bertz CT molecular complexity index is 346. The van der Waals surface area contributed by atoms with E-state index in [4.69, 9.17) is 10.2 Å². The van der Waals surface area contributed by atoms with E-state index in [0.717, 1.165) is 0 Å². The first-order valence-electron chi connectivity index (χ1n) is 4.43. The van der Waals surface area contributed by atoms with Crippen LogP contribution in [0, 0.1) is 5.92 Å². The van der Waals surface area contributed by atoms with Gasteiger partial charge in [-0.15, -0.1) is 16.9 Å². The maximum absolute atomic E-state index is 10.8. The number of aromatic nitrogens is 2. The van der Waals surface area contributed by atoms with Crippen molar-refractivity contribution in [2.45, 2.75) is 11.9 Å². The van der Waals surface area contributed by atoms with Gasteiger partial charge in [0.25, 0.3) is 0 Å². The first kappa shape index (κ1) is 11.9. The van der Waals surface area contributed by atoms with Gasteiger partial charge < -0.3 is 10.2 Å². The third-order valence-corrected chi connectivity index (χ3v) is 3.04. The molecule has 0 aromatic carbocycles. The van der Waals surface area contributed by atoms with Gasteiger partial charge in [-0.3, -0.25) is 0 Å². The lowest BCUT2D eigenvalue weighted by molar-refractivity contribution is 0.0692. The number of nitrogens with zero attached hydrogens (tertiary/aromatic N) is 2. The van der Waals surface area contributed by atoms with E-state index in [2.05, 4.69) is 10.2 Å². The summed E-state index contributed by atoms with van der Waals surface area (Å²) in [5, 5.41) is 25.5. The van der Waals surface area contributed by atoms with Crippen molar-refractivity contribution in [1.29, 1.82) is 0 Å². The molecule has 0 spiro atoms. The van der Waals surface area contributed by atoms with Gasteiger partial charge in [-0.2, -0.15) is 5.10 Å². The second kappa shape index (κ2) is 5.67. The van der Waals surface area contributed by atoms with Crippen molar-refractivity contribution in [2.75, 3.05) is 12.4 Å². The highest BCUT2D eigenvalue weighted by molar-refractivity contribution is 7.99. The number of hydrogen-bond acceptors (Lipinski definition) is 5. The fourth-order valence-corrected chi connectivity index (χ4v) is 1.83. The van der Waals surface area contributed by atoms with Gasteiger partial charge in [0.05, 0.1) is 11.8 Å². The number of aliphatic hydroxyl groups is 1. The lowest BCUT2D eigenvalue weighted by Gasteiger charge is -2.07. The Hall–Kier alpha value is -1.14. The topological polar surface area (TPSA) is 83.3 Å². The van der Waals surface area contributed by atoms with E-state index in [0.29, 0.717) is 10.8 Å². The molecule has 1 aromatic heterocycles. The summed E-state index contributed by atoms with van der Waals surface area (Å²) in [5.74, 6) is -0.280. The maximum atomic E-state index is 10.8. The summed E-state index contributed by atoms with van der Waals surface area (Å²) in [6.07, 6.45) is 1.35. The van der Waals surface area contributed by atoms with Crippen LogP contribution in [0.15, 0.2) is 17.3 Å². The molecule has 1 aromatic rings. The second-order valence-electron chi connectivity index (χ2n) is 3.15. The van der Waals surface area contributed by atoms with Crippen LogP contribution in [0.4, 0.5) is 0 Å². The summed E-state index contributed by atoms with van der Waals surface area (Å²) in [6.45, 7) is 1.96. The molecule has 0 aliphatic carbocycles. The SMILES string of the molecule is CC(CO)CSc1nnccc1C(=O)O. The fraction of sp³-hybridized carbons (Fsp3) is 0.444. The van der Waals surface area contributed by atoms with Gasteiger partial charge in [-0.05, 0) is 12.0 Å². The van der Waals surface area contributed by atoms with Crippen LogP contribution < -0.4 is 0 Å². The standard InChI is InChI=1S/C9H12N2O3S/c1-6(4-12)5-15-8-7(9(13)14)2-3-10-11-8/h2-3,6,12H,4-5H2,1H3,(H,13,14). The largest absolute Gasteiger partial charge is 0.478 e. The lowest BCUT2D eigenvalue weighted by atomic mass is 10.2. The Morgan fingerprint density at radius 2 is 2.40 bits per heavy atom. The minimum Gasteiger partial charge on any atom is -0.478 e. The van der Waals surface area contributed by atoms with E-state index >= 15 is 0 Å². The van der Waals surface area contributed by atoms with Gasteiger partial charge in [0.2, 0.25) is 0 Å². The highest BCUT2D eigenvalue weighted by Crippen LogP contribution is 2.21. The number of hydrogen-bond donors (Lipinski definition) is 2. The summed E-state index contributed by atoms with van der Waals surface area (Å²) >= 11 is 1.29. The molecule has 0 saturated carbocycles. The van der Waals surface area contributed by atoms with Gasteiger partial charge in [-0.25, -0.2) is 4.79 Å². The maximum Gasteiger partial charge on any atom is 0.338 e. The Labute approximate surface area is 91.5 Å². The first-order valence-corrected chi connectivity index (χ1v) is 5.42. The zero-order valence-corrected chi connectivity index (χ0v) is 9.07. The molecule has 1 rings (SSSR count). The van der Waals surface area contributed by atoms with Crippen LogP contribution in [0.2, 0.25) is 0 Å². The van der Waals surface area contributed by atoms with Crippen molar-refractivity contribution in [2.24, 2.45) is 5.92 Å². The Kier molecular flexibility index (Phi) is 4.51. The van der Waals surface area contributed by atoms with Crippen molar-refractivity contribution in [3.8, 4) is 0 Å². The number of aliphatic hydroxyl groups excluding tert-OH is 1. The molecular weight excluding hydrogens is 216 g/mol. The minimum absolute atomic E-state index is 0.0790.